The average molecular weight is 234 g/mol. The van der Waals surface area contributed by atoms with Gasteiger partial charge in [0.05, 0.1) is 11.3 Å². The second-order valence-electron chi connectivity index (χ2n) is 4.45. The molecule has 17 heavy (non-hydrogen) atoms. The minimum Gasteiger partial charge on any atom is -0.367 e. The van der Waals surface area contributed by atoms with Crippen LogP contribution in [0.2, 0.25) is 0 Å². The second kappa shape index (κ2) is 4.57. The first kappa shape index (κ1) is 11.6. The molecule has 0 aliphatic heterocycles. The maximum atomic E-state index is 13.7. The van der Waals surface area contributed by atoms with Crippen LogP contribution in [0.4, 0.5) is 10.3 Å². The quantitative estimate of drug-likeness (QED) is 0.886. The van der Waals surface area contributed by atoms with E-state index in [0.29, 0.717) is 29.2 Å². The van der Waals surface area contributed by atoms with Gasteiger partial charge in [-0.2, -0.15) is 0 Å². The van der Waals surface area contributed by atoms with E-state index in [4.69, 9.17) is 10.3 Å². The normalized spacial score (nSPS) is 11.1. The number of anilines is 1. The van der Waals surface area contributed by atoms with Crippen LogP contribution in [0.1, 0.15) is 19.5 Å². The number of rotatable bonds is 3. The van der Waals surface area contributed by atoms with Crippen molar-refractivity contribution in [2.75, 3.05) is 5.73 Å². The molecule has 2 rings (SSSR count). The molecular weight excluding hydrogens is 219 g/mol. The Balaban J connectivity index is 2.51. The summed E-state index contributed by atoms with van der Waals surface area (Å²) in [6, 6.07) is 6.50. The molecule has 2 N–H and O–H groups in total. The summed E-state index contributed by atoms with van der Waals surface area (Å²) in [5, 5.41) is 3.91. The number of nitrogens with zero attached hydrogens (tertiary/aromatic N) is 1. The first-order valence-electron chi connectivity index (χ1n) is 5.58. The second-order valence-corrected chi connectivity index (χ2v) is 4.45. The van der Waals surface area contributed by atoms with Gasteiger partial charge < -0.3 is 10.3 Å². The molecule has 0 atom stereocenters. The van der Waals surface area contributed by atoms with Crippen molar-refractivity contribution in [1.29, 1.82) is 0 Å². The van der Waals surface area contributed by atoms with Crippen LogP contribution in [-0.4, -0.2) is 5.16 Å². The first-order chi connectivity index (χ1) is 8.09. The van der Waals surface area contributed by atoms with Crippen LogP contribution in [0.25, 0.3) is 11.1 Å². The maximum Gasteiger partial charge on any atom is 0.230 e. The molecular formula is C13H15FN2O. The topological polar surface area (TPSA) is 52.0 Å². The SMILES string of the molecule is CC(C)Cc1noc(N)c1-c1ccccc1F. The molecule has 0 amide bonds. The van der Waals surface area contributed by atoms with E-state index in [0.717, 1.165) is 0 Å². The van der Waals surface area contributed by atoms with Crippen molar-refractivity contribution < 1.29 is 8.91 Å². The van der Waals surface area contributed by atoms with E-state index < -0.39 is 0 Å². The molecule has 2 aromatic rings. The zero-order valence-electron chi connectivity index (χ0n) is 9.90. The van der Waals surface area contributed by atoms with E-state index in [9.17, 15) is 4.39 Å². The summed E-state index contributed by atoms with van der Waals surface area (Å²) in [5.41, 5.74) is 7.46. The van der Waals surface area contributed by atoms with Gasteiger partial charge in [-0.05, 0) is 18.4 Å². The lowest BCUT2D eigenvalue weighted by Gasteiger charge is -2.05. The van der Waals surface area contributed by atoms with Crippen LogP contribution in [0.5, 0.6) is 0 Å². The van der Waals surface area contributed by atoms with Gasteiger partial charge in [-0.15, -0.1) is 0 Å². The Morgan fingerprint density at radius 2 is 2.06 bits per heavy atom. The Morgan fingerprint density at radius 1 is 1.35 bits per heavy atom. The van der Waals surface area contributed by atoms with Crippen LogP contribution >= 0.6 is 0 Å². The molecule has 1 aromatic heterocycles. The number of hydrogen-bond acceptors (Lipinski definition) is 3. The standard InChI is InChI=1S/C13H15FN2O/c1-8(2)7-11-12(13(15)17-16-11)9-5-3-4-6-10(9)14/h3-6,8H,7,15H2,1-2H3. The Labute approximate surface area is 99.4 Å². The van der Waals surface area contributed by atoms with Gasteiger partial charge in [-0.1, -0.05) is 37.2 Å². The lowest BCUT2D eigenvalue weighted by Crippen LogP contribution is -1.98. The molecule has 0 spiro atoms. The van der Waals surface area contributed by atoms with E-state index in [1.807, 2.05) is 0 Å². The van der Waals surface area contributed by atoms with Crippen molar-refractivity contribution in [1.82, 2.24) is 5.16 Å². The number of hydrogen-bond donors (Lipinski definition) is 1. The summed E-state index contributed by atoms with van der Waals surface area (Å²) >= 11 is 0. The van der Waals surface area contributed by atoms with Gasteiger partial charge in [0.25, 0.3) is 0 Å². The maximum absolute atomic E-state index is 13.7. The molecule has 4 heteroatoms. The molecule has 0 fully saturated rings. The van der Waals surface area contributed by atoms with Crippen molar-refractivity contribution in [3.8, 4) is 11.1 Å². The fourth-order valence-electron chi connectivity index (χ4n) is 1.82. The Kier molecular flexibility index (Phi) is 3.13. The minimum atomic E-state index is -0.313. The fourth-order valence-corrected chi connectivity index (χ4v) is 1.82. The van der Waals surface area contributed by atoms with Crippen LogP contribution in [-0.2, 0) is 6.42 Å². The highest BCUT2D eigenvalue weighted by atomic mass is 19.1. The monoisotopic (exact) mass is 234 g/mol. The van der Waals surface area contributed by atoms with E-state index in [1.54, 1.807) is 18.2 Å². The highest BCUT2D eigenvalue weighted by Gasteiger charge is 2.18. The van der Waals surface area contributed by atoms with E-state index >= 15 is 0 Å². The predicted octanol–water partition coefficient (Wildman–Crippen LogP) is 3.26. The Morgan fingerprint density at radius 3 is 2.71 bits per heavy atom. The van der Waals surface area contributed by atoms with Gasteiger partial charge in [0.1, 0.15) is 5.82 Å². The zero-order chi connectivity index (χ0) is 12.4. The highest BCUT2D eigenvalue weighted by molar-refractivity contribution is 5.75. The van der Waals surface area contributed by atoms with Crippen molar-refractivity contribution in [3.05, 3.63) is 35.8 Å². The number of halogens is 1. The van der Waals surface area contributed by atoms with E-state index in [-0.39, 0.29) is 11.7 Å². The number of nitrogens with two attached hydrogens (primary N) is 1. The smallest absolute Gasteiger partial charge is 0.230 e. The third-order valence-corrected chi connectivity index (χ3v) is 2.53. The van der Waals surface area contributed by atoms with E-state index in [2.05, 4.69) is 19.0 Å². The molecule has 0 bridgehead atoms. The zero-order valence-corrected chi connectivity index (χ0v) is 9.90. The molecule has 0 radical (unpaired) electrons. The Bertz CT molecular complexity index is 520. The van der Waals surface area contributed by atoms with Gasteiger partial charge in [0.2, 0.25) is 5.88 Å². The van der Waals surface area contributed by atoms with Gasteiger partial charge in [-0.25, -0.2) is 4.39 Å². The molecule has 1 aromatic carbocycles. The third-order valence-electron chi connectivity index (χ3n) is 2.53. The molecule has 0 aliphatic carbocycles. The van der Waals surface area contributed by atoms with Crippen LogP contribution in [0, 0.1) is 11.7 Å². The van der Waals surface area contributed by atoms with Crippen LogP contribution in [0.15, 0.2) is 28.8 Å². The molecule has 0 unspecified atom stereocenters. The van der Waals surface area contributed by atoms with Gasteiger partial charge in [-0.3, -0.25) is 0 Å². The van der Waals surface area contributed by atoms with Crippen molar-refractivity contribution in [2.45, 2.75) is 20.3 Å². The van der Waals surface area contributed by atoms with E-state index in [1.165, 1.54) is 6.07 Å². The predicted molar refractivity (Wildman–Crippen MR) is 64.9 cm³/mol. The summed E-state index contributed by atoms with van der Waals surface area (Å²) < 4.78 is 18.7. The van der Waals surface area contributed by atoms with Crippen LogP contribution in [0.3, 0.4) is 0 Å². The van der Waals surface area contributed by atoms with Gasteiger partial charge in [0.15, 0.2) is 0 Å². The number of aromatic nitrogens is 1. The summed E-state index contributed by atoms with van der Waals surface area (Å²) in [6.45, 7) is 4.13. The van der Waals surface area contributed by atoms with Gasteiger partial charge >= 0.3 is 0 Å². The minimum absolute atomic E-state index is 0.172. The molecule has 0 saturated carbocycles. The summed E-state index contributed by atoms with van der Waals surface area (Å²) in [7, 11) is 0. The number of nitrogen functional groups attached to an aromatic ring is 1. The summed E-state index contributed by atoms with van der Waals surface area (Å²) in [5.74, 6) is 0.267. The first-order valence-corrected chi connectivity index (χ1v) is 5.58. The molecule has 3 nitrogen and oxygen atoms in total. The van der Waals surface area contributed by atoms with Crippen molar-refractivity contribution in [3.63, 3.8) is 0 Å². The van der Waals surface area contributed by atoms with Crippen molar-refractivity contribution >= 4 is 5.88 Å². The average Bonchev–Trinajstić information content (AvgIpc) is 2.60. The lowest BCUT2D eigenvalue weighted by atomic mass is 9.99. The fraction of sp³-hybridized carbons (Fsp3) is 0.308. The highest BCUT2D eigenvalue weighted by Crippen LogP contribution is 2.32. The molecule has 90 valence electrons. The van der Waals surface area contributed by atoms with Gasteiger partial charge in [0, 0.05) is 5.56 Å². The van der Waals surface area contributed by atoms with Crippen molar-refractivity contribution in [2.24, 2.45) is 5.92 Å². The lowest BCUT2D eigenvalue weighted by molar-refractivity contribution is 0.422. The Hall–Kier alpha value is -1.84. The number of benzene rings is 1. The molecule has 1 heterocycles. The summed E-state index contributed by atoms with van der Waals surface area (Å²) in [6.07, 6.45) is 0.713. The molecule has 0 saturated heterocycles. The molecule has 0 aliphatic rings. The summed E-state index contributed by atoms with van der Waals surface area (Å²) in [4.78, 5) is 0. The third kappa shape index (κ3) is 2.30. The van der Waals surface area contributed by atoms with Crippen LogP contribution < -0.4 is 5.73 Å². The largest absolute Gasteiger partial charge is 0.367 e.